The topological polar surface area (TPSA) is 67.4 Å². The van der Waals surface area contributed by atoms with Crippen LogP contribution >= 0.6 is 35.1 Å². The molecule has 1 atom stereocenters. The smallest absolute Gasteiger partial charge is 0.348 e. The molecule has 132 valence electrons. The molecule has 1 amide bonds. The summed E-state index contributed by atoms with van der Waals surface area (Å²) < 4.78 is 7.28. The molecule has 1 unspecified atom stereocenters. The Morgan fingerprint density at radius 1 is 1.46 bits per heavy atom. The van der Waals surface area contributed by atoms with Crippen LogP contribution < -0.4 is 10.6 Å². The highest BCUT2D eigenvalue weighted by atomic mass is 35.5. The maximum atomic E-state index is 12.3. The third-order valence-electron chi connectivity index (χ3n) is 4.22. The second-order valence-corrected chi connectivity index (χ2v) is 7.64. The van der Waals surface area contributed by atoms with E-state index in [1.807, 2.05) is 18.4 Å². The van der Waals surface area contributed by atoms with Crippen LogP contribution in [0.25, 0.3) is 9.40 Å². The molecule has 2 aromatic heterocycles. The van der Waals surface area contributed by atoms with Gasteiger partial charge in [-0.2, -0.15) is 0 Å². The Morgan fingerprint density at radius 2 is 2.21 bits per heavy atom. The van der Waals surface area contributed by atoms with Crippen LogP contribution in [0.4, 0.5) is 0 Å². The molecule has 5 nitrogen and oxygen atoms in total. The molecule has 1 saturated heterocycles. The molecule has 0 saturated carbocycles. The fourth-order valence-corrected chi connectivity index (χ4v) is 4.88. The first kappa shape index (κ1) is 19.2. The van der Waals surface area contributed by atoms with E-state index in [4.69, 9.17) is 4.74 Å². The molecule has 1 aliphatic heterocycles. The van der Waals surface area contributed by atoms with Crippen LogP contribution in [-0.2, 0) is 16.1 Å². The van der Waals surface area contributed by atoms with E-state index in [-0.39, 0.29) is 30.2 Å². The van der Waals surface area contributed by atoms with Crippen molar-refractivity contribution in [2.45, 2.75) is 20.4 Å². The van der Waals surface area contributed by atoms with E-state index < -0.39 is 0 Å². The van der Waals surface area contributed by atoms with E-state index in [1.54, 1.807) is 18.3 Å². The lowest BCUT2D eigenvalue weighted by Gasteiger charge is -2.31. The average Bonchev–Trinajstić information content (AvgIpc) is 3.04. The van der Waals surface area contributed by atoms with E-state index in [0.29, 0.717) is 23.9 Å². The van der Waals surface area contributed by atoms with Crippen molar-refractivity contribution in [3.05, 3.63) is 21.9 Å². The van der Waals surface area contributed by atoms with Gasteiger partial charge in [0.2, 0.25) is 5.91 Å². The molecule has 2 aromatic rings. The van der Waals surface area contributed by atoms with Gasteiger partial charge in [0, 0.05) is 22.7 Å². The molecule has 1 aliphatic rings. The molecular formula is C16H21ClN2O3S2. The van der Waals surface area contributed by atoms with Gasteiger partial charge in [-0.3, -0.25) is 4.79 Å². The molecule has 3 heterocycles. The fourth-order valence-electron chi connectivity index (χ4n) is 2.61. The summed E-state index contributed by atoms with van der Waals surface area (Å²) >= 11 is 3.03. The first-order chi connectivity index (χ1) is 11.1. The van der Waals surface area contributed by atoms with Gasteiger partial charge in [0.1, 0.15) is 4.88 Å². The van der Waals surface area contributed by atoms with Crippen LogP contribution in [0.3, 0.4) is 0 Å². The van der Waals surface area contributed by atoms with Gasteiger partial charge in [0.05, 0.1) is 11.3 Å². The summed E-state index contributed by atoms with van der Waals surface area (Å²) in [6.45, 7) is 6.28. The highest BCUT2D eigenvalue weighted by molar-refractivity contribution is 7.28. The number of thiophene rings is 2. The summed E-state index contributed by atoms with van der Waals surface area (Å²) in [4.78, 5) is 25.1. The Kier molecular flexibility index (Phi) is 6.62. The Hall–Kier alpha value is -1.15. The third-order valence-corrected chi connectivity index (χ3v) is 6.50. The van der Waals surface area contributed by atoms with Crippen molar-refractivity contribution < 1.29 is 14.3 Å². The number of fused-ring (bicyclic) bond motifs is 1. The molecule has 0 aromatic carbocycles. The number of carbonyl (C=O) groups is 2. The van der Waals surface area contributed by atoms with Crippen LogP contribution in [0, 0.1) is 11.8 Å². The van der Waals surface area contributed by atoms with Gasteiger partial charge in [-0.15, -0.1) is 35.1 Å². The summed E-state index contributed by atoms with van der Waals surface area (Å²) in [5, 5.41) is 8.18. The zero-order valence-corrected chi connectivity index (χ0v) is 16.0. The Bertz CT molecular complexity index is 724. The van der Waals surface area contributed by atoms with Gasteiger partial charge < -0.3 is 15.4 Å². The van der Waals surface area contributed by atoms with Crippen molar-refractivity contribution >= 4 is 56.4 Å². The minimum Gasteiger partial charge on any atom is -0.462 e. The molecule has 0 spiro atoms. The van der Waals surface area contributed by atoms with E-state index >= 15 is 0 Å². The lowest BCUT2D eigenvalue weighted by Crippen LogP contribution is -2.49. The van der Waals surface area contributed by atoms with Crippen molar-refractivity contribution in [2.75, 3.05) is 19.7 Å². The summed E-state index contributed by atoms with van der Waals surface area (Å²) in [6.07, 6.45) is 0. The number of ether oxygens (including phenoxy) is 1. The third kappa shape index (κ3) is 3.74. The van der Waals surface area contributed by atoms with Crippen molar-refractivity contribution in [1.29, 1.82) is 0 Å². The normalized spacial score (nSPS) is 15.4. The minimum absolute atomic E-state index is 0. The number of halogens is 1. The summed E-state index contributed by atoms with van der Waals surface area (Å²) in [7, 11) is 0. The molecule has 0 aliphatic carbocycles. The predicted molar refractivity (Wildman–Crippen MR) is 100 cm³/mol. The number of hydrogen-bond donors (Lipinski definition) is 2. The minimum atomic E-state index is -0.304. The average molecular weight is 389 g/mol. The van der Waals surface area contributed by atoms with Crippen molar-refractivity contribution in [1.82, 2.24) is 10.6 Å². The summed E-state index contributed by atoms with van der Waals surface area (Å²) in [5.74, 6) is 0.132. The van der Waals surface area contributed by atoms with Gasteiger partial charge in [0.25, 0.3) is 0 Å². The van der Waals surface area contributed by atoms with Gasteiger partial charge >= 0.3 is 5.97 Å². The Balaban J connectivity index is 0.00000208. The van der Waals surface area contributed by atoms with Gasteiger partial charge in [-0.05, 0) is 37.4 Å². The largest absolute Gasteiger partial charge is 0.462 e. The number of amides is 1. The fraction of sp³-hybridized carbons (Fsp3) is 0.500. The van der Waals surface area contributed by atoms with Crippen molar-refractivity contribution in [2.24, 2.45) is 11.8 Å². The second-order valence-electron chi connectivity index (χ2n) is 5.67. The molecule has 2 N–H and O–H groups in total. The first-order valence-electron chi connectivity index (χ1n) is 7.76. The van der Waals surface area contributed by atoms with Crippen LogP contribution in [0.5, 0.6) is 0 Å². The van der Waals surface area contributed by atoms with Gasteiger partial charge in [0.15, 0.2) is 0 Å². The molecule has 0 radical (unpaired) electrons. The van der Waals surface area contributed by atoms with Gasteiger partial charge in [-0.1, -0.05) is 6.92 Å². The Labute approximate surface area is 155 Å². The number of esters is 1. The lowest BCUT2D eigenvalue weighted by atomic mass is 9.88. The van der Waals surface area contributed by atoms with Crippen LogP contribution in [-0.4, -0.2) is 31.6 Å². The number of nitrogens with one attached hydrogen (secondary N) is 2. The standard InChI is InChI=1S/C16H20N2O3S2.ClH/c1-3-21-16(20)14-11(13-12(23-14)4-5-22-13)8-18-15(19)9(2)10-6-17-7-10;/h4-5,9-10,17H,3,6-8H2,1-2H3,(H,18,19);1H. The quantitative estimate of drug-likeness (QED) is 0.746. The number of rotatable bonds is 6. The molecule has 24 heavy (non-hydrogen) atoms. The molecule has 0 bridgehead atoms. The van der Waals surface area contributed by atoms with E-state index in [2.05, 4.69) is 10.6 Å². The highest BCUT2D eigenvalue weighted by Crippen LogP contribution is 2.35. The summed E-state index contributed by atoms with van der Waals surface area (Å²) in [5.41, 5.74) is 0.880. The predicted octanol–water partition coefficient (Wildman–Crippen LogP) is 3.03. The first-order valence-corrected chi connectivity index (χ1v) is 9.45. The molecule has 3 rings (SSSR count). The van der Waals surface area contributed by atoms with Crippen LogP contribution in [0.15, 0.2) is 11.4 Å². The maximum Gasteiger partial charge on any atom is 0.348 e. The SMILES string of the molecule is CCOC(=O)c1sc2ccsc2c1CNC(=O)C(C)C1CNC1.Cl. The zero-order chi connectivity index (χ0) is 16.4. The highest BCUT2D eigenvalue weighted by Gasteiger charge is 2.29. The number of hydrogen-bond acceptors (Lipinski definition) is 6. The molecule has 8 heteroatoms. The molecule has 1 fully saturated rings. The monoisotopic (exact) mass is 388 g/mol. The second kappa shape index (κ2) is 8.29. The van der Waals surface area contributed by atoms with E-state index in [1.165, 1.54) is 11.3 Å². The zero-order valence-electron chi connectivity index (χ0n) is 13.6. The van der Waals surface area contributed by atoms with Crippen molar-refractivity contribution in [3.8, 4) is 0 Å². The van der Waals surface area contributed by atoms with E-state index in [0.717, 1.165) is 28.1 Å². The lowest BCUT2D eigenvalue weighted by molar-refractivity contribution is -0.126. The van der Waals surface area contributed by atoms with Crippen molar-refractivity contribution in [3.63, 3.8) is 0 Å². The molecular weight excluding hydrogens is 368 g/mol. The summed E-state index contributed by atoms with van der Waals surface area (Å²) in [6, 6.07) is 2.00. The Morgan fingerprint density at radius 3 is 2.83 bits per heavy atom. The van der Waals surface area contributed by atoms with Crippen LogP contribution in [0.1, 0.15) is 29.1 Å². The van der Waals surface area contributed by atoms with Crippen LogP contribution in [0.2, 0.25) is 0 Å². The van der Waals surface area contributed by atoms with Gasteiger partial charge in [-0.25, -0.2) is 4.79 Å². The van der Waals surface area contributed by atoms with E-state index in [9.17, 15) is 9.59 Å². The maximum absolute atomic E-state index is 12.3. The number of carbonyl (C=O) groups excluding carboxylic acids is 2.